The topological polar surface area (TPSA) is 104 Å². The molecule has 2 rings (SSSR count). The van der Waals surface area contributed by atoms with Gasteiger partial charge in [0.1, 0.15) is 0 Å². The SMILES string of the molecule is Cc1ccc(S(=O)(=O)O)cc1.Cl.Cl.NNC1CCCNC1. The van der Waals surface area contributed by atoms with Gasteiger partial charge in [0.15, 0.2) is 0 Å². The number of halogens is 2. The average molecular weight is 360 g/mol. The number of nitrogens with one attached hydrogen (secondary N) is 2. The Morgan fingerprint density at radius 1 is 1.29 bits per heavy atom. The van der Waals surface area contributed by atoms with Gasteiger partial charge in [0.25, 0.3) is 10.1 Å². The highest BCUT2D eigenvalue weighted by Crippen LogP contribution is 2.08. The molecule has 1 unspecified atom stereocenters. The summed E-state index contributed by atoms with van der Waals surface area (Å²) in [6.07, 6.45) is 2.46. The van der Waals surface area contributed by atoms with Crippen molar-refractivity contribution in [2.45, 2.75) is 30.7 Å². The Labute approximate surface area is 138 Å². The van der Waals surface area contributed by atoms with E-state index in [4.69, 9.17) is 10.4 Å². The first-order chi connectivity index (χ1) is 8.93. The Hall–Kier alpha value is -0.410. The molecule has 0 aliphatic carbocycles. The fraction of sp³-hybridized carbons (Fsp3) is 0.500. The van der Waals surface area contributed by atoms with Gasteiger partial charge < -0.3 is 5.32 Å². The van der Waals surface area contributed by atoms with Crippen molar-refractivity contribution in [3.8, 4) is 0 Å². The van der Waals surface area contributed by atoms with E-state index in [0.717, 1.165) is 18.7 Å². The van der Waals surface area contributed by atoms with Gasteiger partial charge in [-0.3, -0.25) is 15.8 Å². The van der Waals surface area contributed by atoms with Gasteiger partial charge >= 0.3 is 0 Å². The first-order valence-corrected chi connectivity index (χ1v) is 7.58. The summed E-state index contributed by atoms with van der Waals surface area (Å²) in [4.78, 5) is -0.0666. The number of nitrogens with two attached hydrogens (primary N) is 1. The summed E-state index contributed by atoms with van der Waals surface area (Å²) in [5.41, 5.74) is 3.70. The lowest BCUT2D eigenvalue weighted by Gasteiger charge is -2.21. The van der Waals surface area contributed by atoms with Gasteiger partial charge in [0.05, 0.1) is 4.90 Å². The van der Waals surface area contributed by atoms with Crippen molar-refractivity contribution in [3.63, 3.8) is 0 Å². The van der Waals surface area contributed by atoms with E-state index in [1.807, 2.05) is 6.92 Å². The minimum atomic E-state index is -4.02. The molecule has 21 heavy (non-hydrogen) atoms. The van der Waals surface area contributed by atoms with Gasteiger partial charge in [-0.25, -0.2) is 0 Å². The molecule has 1 aliphatic heterocycles. The summed E-state index contributed by atoms with van der Waals surface area (Å²) >= 11 is 0. The third kappa shape index (κ3) is 9.26. The van der Waals surface area contributed by atoms with Crippen LogP contribution in [0.2, 0.25) is 0 Å². The van der Waals surface area contributed by atoms with E-state index in [-0.39, 0.29) is 29.7 Å². The van der Waals surface area contributed by atoms with Crippen LogP contribution >= 0.6 is 24.8 Å². The van der Waals surface area contributed by atoms with E-state index >= 15 is 0 Å². The van der Waals surface area contributed by atoms with Crippen molar-refractivity contribution in [1.29, 1.82) is 0 Å². The first kappa shape index (κ1) is 22.9. The van der Waals surface area contributed by atoms with Crippen LogP contribution in [0.15, 0.2) is 29.2 Å². The van der Waals surface area contributed by atoms with Gasteiger partial charge in [0, 0.05) is 12.6 Å². The Balaban J connectivity index is 0. The van der Waals surface area contributed by atoms with Crippen molar-refractivity contribution in [3.05, 3.63) is 29.8 Å². The molecule has 124 valence electrons. The van der Waals surface area contributed by atoms with Crippen LogP contribution in [0.25, 0.3) is 0 Å². The van der Waals surface area contributed by atoms with E-state index in [0.29, 0.717) is 6.04 Å². The second kappa shape index (κ2) is 11.2. The monoisotopic (exact) mass is 359 g/mol. The summed E-state index contributed by atoms with van der Waals surface area (Å²) in [6, 6.07) is 6.49. The van der Waals surface area contributed by atoms with Crippen molar-refractivity contribution < 1.29 is 13.0 Å². The van der Waals surface area contributed by atoms with Crippen LogP contribution in [0.5, 0.6) is 0 Å². The minimum absolute atomic E-state index is 0. The molecule has 1 atom stereocenters. The van der Waals surface area contributed by atoms with Crippen LogP contribution < -0.4 is 16.6 Å². The number of piperidine rings is 1. The molecule has 1 aliphatic rings. The summed E-state index contributed by atoms with van der Waals surface area (Å²) in [5, 5.41) is 3.24. The molecule has 0 amide bonds. The Morgan fingerprint density at radius 2 is 1.86 bits per heavy atom. The molecule has 0 radical (unpaired) electrons. The number of benzene rings is 1. The summed E-state index contributed by atoms with van der Waals surface area (Å²) < 4.78 is 29.6. The molecule has 6 nitrogen and oxygen atoms in total. The second-order valence-electron chi connectivity index (χ2n) is 4.50. The highest BCUT2D eigenvalue weighted by molar-refractivity contribution is 7.85. The van der Waals surface area contributed by atoms with Gasteiger partial charge in [-0.05, 0) is 38.4 Å². The zero-order valence-electron chi connectivity index (χ0n) is 11.8. The largest absolute Gasteiger partial charge is 0.315 e. The van der Waals surface area contributed by atoms with Crippen LogP contribution in [-0.4, -0.2) is 32.1 Å². The van der Waals surface area contributed by atoms with Gasteiger partial charge in [-0.1, -0.05) is 17.7 Å². The standard InChI is InChI=1S/C7H8O3S.C5H13N3.2ClH/c1-6-2-4-7(5-3-6)11(8,9)10;6-8-5-2-1-3-7-4-5;;/h2-5H,1H3,(H,8,9,10);5,7-8H,1-4,6H2;2*1H. The molecule has 1 aromatic rings. The molecule has 5 N–H and O–H groups in total. The second-order valence-corrected chi connectivity index (χ2v) is 5.92. The maximum Gasteiger partial charge on any atom is 0.294 e. The lowest BCUT2D eigenvalue weighted by atomic mass is 10.1. The quantitative estimate of drug-likeness (QED) is 0.360. The van der Waals surface area contributed by atoms with E-state index in [9.17, 15) is 8.42 Å². The summed E-state index contributed by atoms with van der Waals surface area (Å²) in [7, 11) is -4.02. The maximum absolute atomic E-state index is 10.5. The van der Waals surface area contributed by atoms with E-state index in [1.165, 1.54) is 25.0 Å². The average Bonchev–Trinajstić information content (AvgIpc) is 2.40. The lowest BCUT2D eigenvalue weighted by molar-refractivity contribution is 0.396. The Bertz CT molecular complexity index is 477. The van der Waals surface area contributed by atoms with Crippen molar-refractivity contribution in [2.24, 2.45) is 5.84 Å². The molecule has 0 aromatic heterocycles. The lowest BCUT2D eigenvalue weighted by Crippen LogP contribution is -2.46. The predicted octanol–water partition coefficient (Wildman–Crippen LogP) is 1.29. The van der Waals surface area contributed by atoms with Gasteiger partial charge in [-0.15, -0.1) is 24.8 Å². The number of rotatable bonds is 2. The molecule has 0 saturated carbocycles. The maximum atomic E-state index is 10.5. The zero-order valence-corrected chi connectivity index (χ0v) is 14.2. The molecule has 1 aromatic carbocycles. The highest BCUT2D eigenvalue weighted by Gasteiger charge is 2.09. The van der Waals surface area contributed by atoms with Crippen molar-refractivity contribution in [2.75, 3.05) is 13.1 Å². The first-order valence-electron chi connectivity index (χ1n) is 6.14. The van der Waals surface area contributed by atoms with Crippen molar-refractivity contribution >= 4 is 34.9 Å². The van der Waals surface area contributed by atoms with E-state index in [2.05, 4.69) is 10.7 Å². The fourth-order valence-corrected chi connectivity index (χ4v) is 2.18. The molecule has 0 bridgehead atoms. The van der Waals surface area contributed by atoms with Crippen molar-refractivity contribution in [1.82, 2.24) is 10.7 Å². The molecule has 1 heterocycles. The van der Waals surface area contributed by atoms with Crippen LogP contribution in [-0.2, 0) is 10.1 Å². The van der Waals surface area contributed by atoms with Crippen LogP contribution in [0, 0.1) is 6.92 Å². The number of hydrogen-bond donors (Lipinski definition) is 4. The molecule has 0 spiro atoms. The zero-order chi connectivity index (χ0) is 14.3. The normalized spacial score (nSPS) is 17.6. The fourth-order valence-electron chi connectivity index (χ4n) is 1.70. The summed E-state index contributed by atoms with van der Waals surface area (Å²) in [5.74, 6) is 5.21. The number of hydrogen-bond acceptors (Lipinski definition) is 5. The molecular formula is C12H23Cl2N3O3S. The smallest absolute Gasteiger partial charge is 0.294 e. The predicted molar refractivity (Wildman–Crippen MR) is 88.7 cm³/mol. The highest BCUT2D eigenvalue weighted by atomic mass is 35.5. The van der Waals surface area contributed by atoms with E-state index in [1.54, 1.807) is 12.1 Å². The molecular weight excluding hydrogens is 337 g/mol. The third-order valence-electron chi connectivity index (χ3n) is 2.85. The Kier molecular flexibility index (Phi) is 12.2. The van der Waals surface area contributed by atoms with Gasteiger partial charge in [-0.2, -0.15) is 8.42 Å². The summed E-state index contributed by atoms with van der Waals surface area (Å²) in [6.45, 7) is 4.02. The molecule has 1 fully saturated rings. The van der Waals surface area contributed by atoms with Crippen LogP contribution in [0.4, 0.5) is 0 Å². The van der Waals surface area contributed by atoms with Gasteiger partial charge in [0.2, 0.25) is 0 Å². The third-order valence-corrected chi connectivity index (χ3v) is 3.72. The number of hydrazine groups is 1. The number of aryl methyl sites for hydroxylation is 1. The van der Waals surface area contributed by atoms with Crippen LogP contribution in [0.3, 0.4) is 0 Å². The minimum Gasteiger partial charge on any atom is -0.315 e. The molecule has 1 saturated heterocycles. The van der Waals surface area contributed by atoms with E-state index < -0.39 is 10.1 Å². The Morgan fingerprint density at radius 3 is 2.19 bits per heavy atom. The molecule has 9 heteroatoms. The van der Waals surface area contributed by atoms with Crippen LogP contribution in [0.1, 0.15) is 18.4 Å².